The van der Waals surface area contributed by atoms with Crippen LogP contribution in [0.2, 0.25) is 0 Å². The van der Waals surface area contributed by atoms with Crippen LogP contribution in [0.3, 0.4) is 0 Å². The monoisotopic (exact) mass is 532 g/mol. The Morgan fingerprint density at radius 2 is 1.64 bits per heavy atom. The first-order valence-corrected chi connectivity index (χ1v) is 13.8. The molecule has 1 heterocycles. The van der Waals surface area contributed by atoms with Gasteiger partial charge in [0, 0.05) is 24.2 Å². The Hall–Kier alpha value is -3.78. The lowest BCUT2D eigenvalue weighted by Crippen LogP contribution is -2.39. The number of nitrogens with zero attached hydrogens (tertiary/aromatic N) is 1. The minimum atomic E-state index is -0.279. The van der Waals surface area contributed by atoms with E-state index in [4.69, 9.17) is 20.9 Å². The van der Waals surface area contributed by atoms with Gasteiger partial charge in [-0.2, -0.15) is 0 Å². The summed E-state index contributed by atoms with van der Waals surface area (Å²) in [7, 11) is 0. The molecule has 7 nitrogen and oxygen atoms in total. The van der Waals surface area contributed by atoms with Crippen molar-refractivity contribution < 1.29 is 18.7 Å². The molecule has 3 aromatic rings. The van der Waals surface area contributed by atoms with E-state index in [9.17, 15) is 9.18 Å². The topological polar surface area (TPSA) is 103 Å². The number of fused-ring (bicyclic) bond motifs is 1. The lowest BCUT2D eigenvalue weighted by atomic mass is 9.99. The molecule has 0 spiro atoms. The molecule has 1 aliphatic carbocycles. The van der Waals surface area contributed by atoms with E-state index < -0.39 is 0 Å². The first-order valence-electron chi connectivity index (χ1n) is 13.8. The number of carbonyl (C=O) groups is 1. The summed E-state index contributed by atoms with van der Waals surface area (Å²) in [6.45, 7) is 6.66. The van der Waals surface area contributed by atoms with Crippen LogP contribution in [0.4, 0.5) is 15.8 Å². The molecule has 2 fully saturated rings. The molecule has 3 atom stereocenters. The molecule has 3 aromatic carbocycles. The molecule has 2 aliphatic rings. The number of carbonyl (C=O) groups excluding carboxylic acids is 1. The highest BCUT2D eigenvalue weighted by Crippen LogP contribution is 2.43. The van der Waals surface area contributed by atoms with Gasteiger partial charge in [0.2, 0.25) is 0 Å². The van der Waals surface area contributed by atoms with Crippen LogP contribution in [0.25, 0.3) is 11.1 Å². The smallest absolute Gasteiger partial charge is 0.251 e. The molecule has 5 N–H and O–H groups in total. The van der Waals surface area contributed by atoms with Gasteiger partial charge in [0.05, 0.1) is 30.2 Å². The number of rotatable bonds is 9. The molecule has 1 unspecified atom stereocenters. The maximum atomic E-state index is 13.6. The maximum absolute atomic E-state index is 13.6. The van der Waals surface area contributed by atoms with Crippen LogP contribution in [-0.4, -0.2) is 42.6 Å². The van der Waals surface area contributed by atoms with Crippen LogP contribution >= 0.6 is 0 Å². The zero-order valence-corrected chi connectivity index (χ0v) is 22.6. The maximum Gasteiger partial charge on any atom is 0.251 e. The second-order valence-electron chi connectivity index (χ2n) is 10.3. The lowest BCUT2D eigenvalue weighted by Gasteiger charge is -2.26. The van der Waals surface area contributed by atoms with Crippen molar-refractivity contribution in [3.05, 3.63) is 71.5 Å². The van der Waals surface area contributed by atoms with Crippen LogP contribution in [0, 0.1) is 11.7 Å². The number of benzene rings is 3. The molecule has 8 heteroatoms. The Labute approximate surface area is 229 Å². The summed E-state index contributed by atoms with van der Waals surface area (Å²) in [5.41, 5.74) is 15.9. The van der Waals surface area contributed by atoms with Gasteiger partial charge in [0.15, 0.2) is 0 Å². The molecule has 5 rings (SSSR count). The number of anilines is 2. The van der Waals surface area contributed by atoms with Gasteiger partial charge in [-0.3, -0.25) is 9.69 Å². The fourth-order valence-electron chi connectivity index (χ4n) is 6.13. The fraction of sp³-hybridized carbons (Fsp3) is 0.387. The second kappa shape index (κ2) is 11.5. The van der Waals surface area contributed by atoms with Gasteiger partial charge in [0.25, 0.3) is 5.91 Å². The third kappa shape index (κ3) is 5.66. The summed E-state index contributed by atoms with van der Waals surface area (Å²) in [5.74, 6) is 1.49. The summed E-state index contributed by atoms with van der Waals surface area (Å²) < 4.78 is 25.7. The zero-order chi connectivity index (χ0) is 27.5. The number of hydrogen-bond acceptors (Lipinski definition) is 6. The van der Waals surface area contributed by atoms with Gasteiger partial charge < -0.3 is 26.3 Å². The number of likely N-dealkylation sites (tertiary alicyclic amines) is 1. The molecule has 1 aliphatic heterocycles. The number of ether oxygens (including phenoxy) is 2. The average molecular weight is 533 g/mol. The molecule has 206 valence electrons. The summed E-state index contributed by atoms with van der Waals surface area (Å²) in [6.07, 6.45) is 3.01. The number of nitrogens with one attached hydrogen (secondary N) is 1. The van der Waals surface area contributed by atoms with E-state index in [-0.39, 0.29) is 17.8 Å². The highest BCUT2D eigenvalue weighted by Gasteiger charge is 2.44. The van der Waals surface area contributed by atoms with Gasteiger partial charge in [-0.25, -0.2) is 4.39 Å². The number of nitrogen functional groups attached to an aromatic ring is 2. The van der Waals surface area contributed by atoms with Gasteiger partial charge in [-0.05, 0) is 99.2 Å². The highest BCUT2D eigenvalue weighted by atomic mass is 19.1. The Morgan fingerprint density at radius 1 is 0.949 bits per heavy atom. The van der Waals surface area contributed by atoms with Crippen molar-refractivity contribution in [1.29, 1.82) is 0 Å². The van der Waals surface area contributed by atoms with Crippen LogP contribution in [0.5, 0.6) is 11.5 Å². The van der Waals surface area contributed by atoms with Gasteiger partial charge >= 0.3 is 0 Å². The van der Waals surface area contributed by atoms with Gasteiger partial charge in [-0.15, -0.1) is 0 Å². The van der Waals surface area contributed by atoms with Crippen molar-refractivity contribution in [3.8, 4) is 22.6 Å². The molecular formula is C31H37FN4O3. The quantitative estimate of drug-likeness (QED) is 0.326. The van der Waals surface area contributed by atoms with Crippen LogP contribution < -0.4 is 26.3 Å². The molecular weight excluding hydrogens is 495 g/mol. The van der Waals surface area contributed by atoms with E-state index in [0.29, 0.717) is 42.1 Å². The normalized spacial score (nSPS) is 20.5. The zero-order valence-electron chi connectivity index (χ0n) is 22.6. The largest absolute Gasteiger partial charge is 0.493 e. The SMILES string of the molecule is CCOc1cc(CN2CC[C@H]3C(NC(=O)c4ccc(N)c(N)c4)CC[C@H]32)cc(OCC)c1-c1ccc(F)cc1. The van der Waals surface area contributed by atoms with Crippen LogP contribution in [0.1, 0.15) is 49.0 Å². The van der Waals surface area contributed by atoms with Crippen molar-refractivity contribution in [2.24, 2.45) is 5.92 Å². The van der Waals surface area contributed by atoms with E-state index in [1.54, 1.807) is 30.3 Å². The Morgan fingerprint density at radius 3 is 2.28 bits per heavy atom. The van der Waals surface area contributed by atoms with E-state index in [1.807, 2.05) is 13.8 Å². The predicted molar refractivity (Wildman–Crippen MR) is 152 cm³/mol. The standard InChI is InChI=1S/C31H37FN4O3/c1-3-38-28-15-19(16-29(39-4-2)30(28)20-5-8-22(32)9-6-20)18-36-14-13-23-26(11-12-27(23)36)35-31(37)21-7-10-24(33)25(34)17-21/h5-10,15-17,23,26-27H,3-4,11-14,18,33-34H2,1-2H3,(H,35,37)/t23-,26?,27+/m0/s1. The van der Waals surface area contributed by atoms with Crippen molar-refractivity contribution in [1.82, 2.24) is 10.2 Å². The molecule has 1 saturated carbocycles. The predicted octanol–water partition coefficient (Wildman–Crippen LogP) is 5.24. The summed E-state index contributed by atoms with van der Waals surface area (Å²) in [5, 5.41) is 3.25. The molecule has 1 amide bonds. The summed E-state index contributed by atoms with van der Waals surface area (Å²) in [6, 6.07) is 16.1. The van der Waals surface area contributed by atoms with E-state index in [1.165, 1.54) is 12.1 Å². The minimum Gasteiger partial charge on any atom is -0.493 e. The van der Waals surface area contributed by atoms with E-state index >= 15 is 0 Å². The van der Waals surface area contributed by atoms with Crippen LogP contribution in [0.15, 0.2) is 54.6 Å². The summed E-state index contributed by atoms with van der Waals surface area (Å²) >= 11 is 0. The Kier molecular flexibility index (Phi) is 7.93. The van der Waals surface area contributed by atoms with Gasteiger partial charge in [0.1, 0.15) is 17.3 Å². The average Bonchev–Trinajstić information content (AvgIpc) is 3.50. The summed E-state index contributed by atoms with van der Waals surface area (Å²) in [4.78, 5) is 15.4. The Bertz CT molecular complexity index is 1300. The molecule has 0 radical (unpaired) electrons. The van der Waals surface area contributed by atoms with E-state index in [0.717, 1.165) is 60.5 Å². The number of amides is 1. The highest BCUT2D eigenvalue weighted by molar-refractivity contribution is 5.96. The first-order chi connectivity index (χ1) is 18.9. The second-order valence-corrected chi connectivity index (χ2v) is 10.3. The number of nitrogens with two attached hydrogens (primary N) is 2. The molecule has 0 aromatic heterocycles. The van der Waals surface area contributed by atoms with Crippen molar-refractivity contribution in [3.63, 3.8) is 0 Å². The minimum absolute atomic E-state index is 0.107. The third-order valence-corrected chi connectivity index (χ3v) is 7.91. The fourth-order valence-corrected chi connectivity index (χ4v) is 6.13. The number of hydrogen-bond donors (Lipinski definition) is 3. The lowest BCUT2D eigenvalue weighted by molar-refractivity contribution is 0.0926. The van der Waals surface area contributed by atoms with Gasteiger partial charge in [-0.1, -0.05) is 12.1 Å². The van der Waals surface area contributed by atoms with Crippen LogP contribution in [-0.2, 0) is 6.54 Å². The van der Waals surface area contributed by atoms with Crippen molar-refractivity contribution in [2.45, 2.75) is 51.7 Å². The third-order valence-electron chi connectivity index (χ3n) is 7.91. The molecule has 1 saturated heterocycles. The molecule has 0 bridgehead atoms. The Balaban J connectivity index is 1.32. The molecule has 39 heavy (non-hydrogen) atoms. The number of halogens is 1. The first kappa shape index (κ1) is 26.8. The van der Waals surface area contributed by atoms with E-state index in [2.05, 4.69) is 22.3 Å². The van der Waals surface area contributed by atoms with Crippen molar-refractivity contribution >= 4 is 17.3 Å². The van der Waals surface area contributed by atoms with Crippen molar-refractivity contribution in [2.75, 3.05) is 31.2 Å².